The highest BCUT2D eigenvalue weighted by atomic mass is 32.2. The van der Waals surface area contributed by atoms with Crippen LogP contribution in [0.15, 0.2) is 40.8 Å². The fraction of sp³-hybridized carbons (Fsp3) is 0.400. The summed E-state index contributed by atoms with van der Waals surface area (Å²) < 4.78 is 37.3. The number of benzene rings is 2. The third-order valence-electron chi connectivity index (χ3n) is 6.48. The highest BCUT2D eigenvalue weighted by Crippen LogP contribution is 2.44. The van der Waals surface area contributed by atoms with Gasteiger partial charge in [-0.05, 0) is 60.3 Å². The van der Waals surface area contributed by atoms with Crippen LogP contribution in [0.25, 0.3) is 0 Å². The molecule has 1 heterocycles. The quantitative estimate of drug-likeness (QED) is 0.342. The van der Waals surface area contributed by atoms with Crippen molar-refractivity contribution in [3.63, 3.8) is 0 Å². The van der Waals surface area contributed by atoms with E-state index in [4.69, 9.17) is 9.84 Å². The standard InChI is InChI=1S/C25H28F2N2O3S2/c1-25(2)8-6-14(7-9-25)16-5-4-15(10-18(16)26)23-28-22(13-33-23)34-29-20-12-19(27)17(24(30)31)11-21(20)32-3/h4-5,10-14,23,28-29H,6-9H2,1-3H3,(H,30,31). The van der Waals surface area contributed by atoms with Gasteiger partial charge in [-0.1, -0.05) is 26.0 Å². The molecule has 1 unspecified atom stereocenters. The molecule has 9 heteroatoms. The summed E-state index contributed by atoms with van der Waals surface area (Å²) in [5.74, 6) is -1.86. The van der Waals surface area contributed by atoms with E-state index in [1.807, 2.05) is 17.5 Å². The molecule has 1 aliphatic heterocycles. The zero-order valence-corrected chi connectivity index (χ0v) is 20.9. The molecule has 2 aromatic carbocycles. The number of halogens is 2. The number of anilines is 1. The van der Waals surface area contributed by atoms with Crippen molar-refractivity contribution in [2.24, 2.45) is 5.41 Å². The smallest absolute Gasteiger partial charge is 0.338 e. The van der Waals surface area contributed by atoms with Crippen LogP contribution in [-0.4, -0.2) is 18.2 Å². The van der Waals surface area contributed by atoms with Gasteiger partial charge < -0.3 is 19.9 Å². The summed E-state index contributed by atoms with van der Waals surface area (Å²) in [4.78, 5) is 11.1. The molecule has 0 bridgehead atoms. The maximum absolute atomic E-state index is 15.0. The number of nitrogens with one attached hydrogen (secondary N) is 2. The van der Waals surface area contributed by atoms with E-state index < -0.39 is 17.3 Å². The van der Waals surface area contributed by atoms with E-state index in [1.54, 1.807) is 6.07 Å². The summed E-state index contributed by atoms with van der Waals surface area (Å²) in [6.45, 7) is 4.56. The second-order valence-corrected chi connectivity index (χ2v) is 11.2. The number of carboxylic acids is 1. The predicted octanol–water partition coefficient (Wildman–Crippen LogP) is 7.25. The molecule has 1 saturated carbocycles. The van der Waals surface area contributed by atoms with Crippen LogP contribution in [-0.2, 0) is 0 Å². The van der Waals surface area contributed by atoms with Gasteiger partial charge in [-0.15, -0.1) is 11.8 Å². The molecule has 0 aromatic heterocycles. The molecule has 2 aliphatic rings. The van der Waals surface area contributed by atoms with Gasteiger partial charge in [-0.25, -0.2) is 13.6 Å². The van der Waals surface area contributed by atoms with E-state index in [0.717, 1.165) is 54.0 Å². The summed E-state index contributed by atoms with van der Waals surface area (Å²) in [5, 5.41) is 15.0. The summed E-state index contributed by atoms with van der Waals surface area (Å²) in [6.07, 6.45) is 4.27. The zero-order valence-electron chi connectivity index (χ0n) is 19.3. The second-order valence-electron chi connectivity index (χ2n) is 9.40. The highest BCUT2D eigenvalue weighted by molar-refractivity contribution is 8.07. The maximum atomic E-state index is 15.0. The first-order chi connectivity index (χ1) is 16.2. The van der Waals surface area contributed by atoms with E-state index in [0.29, 0.717) is 11.1 Å². The average molecular weight is 507 g/mol. The molecule has 1 atom stereocenters. The van der Waals surface area contributed by atoms with Crippen LogP contribution >= 0.6 is 23.7 Å². The molecule has 3 N–H and O–H groups in total. The van der Waals surface area contributed by atoms with Crippen LogP contribution in [0.2, 0.25) is 0 Å². The molecular weight excluding hydrogens is 478 g/mol. The van der Waals surface area contributed by atoms with Crippen molar-refractivity contribution in [3.05, 3.63) is 69.1 Å². The number of aromatic carboxylic acids is 1. The van der Waals surface area contributed by atoms with E-state index in [9.17, 15) is 13.6 Å². The number of carboxylic acid groups (broad SMARTS) is 1. The number of thioether (sulfide) groups is 1. The van der Waals surface area contributed by atoms with E-state index in [2.05, 4.69) is 23.9 Å². The van der Waals surface area contributed by atoms with Crippen LogP contribution in [0.1, 0.15) is 72.3 Å². The van der Waals surface area contributed by atoms with Gasteiger partial charge in [0.05, 0.1) is 23.4 Å². The molecule has 2 aromatic rings. The maximum Gasteiger partial charge on any atom is 0.338 e. The van der Waals surface area contributed by atoms with Crippen molar-refractivity contribution < 1.29 is 23.4 Å². The van der Waals surface area contributed by atoms with Gasteiger partial charge in [0.2, 0.25) is 0 Å². The van der Waals surface area contributed by atoms with Crippen molar-refractivity contribution in [2.75, 3.05) is 11.8 Å². The normalized spacial score (nSPS) is 19.9. The lowest BCUT2D eigenvalue weighted by molar-refractivity contribution is 0.0691. The van der Waals surface area contributed by atoms with Crippen molar-refractivity contribution in [2.45, 2.75) is 50.8 Å². The molecule has 34 heavy (non-hydrogen) atoms. The Balaban J connectivity index is 1.37. The van der Waals surface area contributed by atoms with Gasteiger partial charge in [0, 0.05) is 23.4 Å². The number of carbonyl (C=O) groups is 1. The largest absolute Gasteiger partial charge is 0.495 e. The van der Waals surface area contributed by atoms with E-state index in [1.165, 1.54) is 30.8 Å². The molecular formula is C25H28F2N2O3S2. The Bertz CT molecular complexity index is 1110. The van der Waals surface area contributed by atoms with Crippen LogP contribution in [0.3, 0.4) is 0 Å². The third kappa shape index (κ3) is 5.46. The average Bonchev–Trinajstić information content (AvgIpc) is 3.27. The molecule has 0 radical (unpaired) electrons. The van der Waals surface area contributed by atoms with Gasteiger partial charge in [0.25, 0.3) is 0 Å². The van der Waals surface area contributed by atoms with Crippen molar-refractivity contribution in [3.8, 4) is 5.75 Å². The minimum absolute atomic E-state index is 0.133. The molecule has 5 nitrogen and oxygen atoms in total. The Kier molecular flexibility index (Phi) is 7.33. The lowest BCUT2D eigenvalue weighted by atomic mass is 9.71. The third-order valence-corrected chi connectivity index (χ3v) is 8.44. The van der Waals surface area contributed by atoms with Crippen molar-refractivity contribution in [1.82, 2.24) is 5.32 Å². The highest BCUT2D eigenvalue weighted by Gasteiger charge is 2.29. The molecule has 182 valence electrons. The molecule has 0 spiro atoms. The first kappa shape index (κ1) is 24.7. The molecule has 1 fully saturated rings. The van der Waals surface area contributed by atoms with Crippen molar-refractivity contribution >= 4 is 35.4 Å². The van der Waals surface area contributed by atoms with Crippen LogP contribution in [0.5, 0.6) is 5.75 Å². The Labute approximate surface area is 206 Å². The van der Waals surface area contributed by atoms with Gasteiger partial charge in [-0.3, -0.25) is 0 Å². The molecule has 4 rings (SSSR count). The van der Waals surface area contributed by atoms with Gasteiger partial charge in [0.1, 0.15) is 22.8 Å². The Morgan fingerprint density at radius 3 is 2.59 bits per heavy atom. The first-order valence-electron chi connectivity index (χ1n) is 11.1. The Morgan fingerprint density at radius 1 is 1.21 bits per heavy atom. The minimum Gasteiger partial charge on any atom is -0.495 e. The van der Waals surface area contributed by atoms with Crippen LogP contribution in [0, 0.1) is 17.0 Å². The van der Waals surface area contributed by atoms with Crippen LogP contribution < -0.4 is 14.8 Å². The number of hydrogen-bond acceptors (Lipinski definition) is 6. The summed E-state index contributed by atoms with van der Waals surface area (Å²) in [7, 11) is 1.39. The number of ether oxygens (including phenoxy) is 1. The lowest BCUT2D eigenvalue weighted by Gasteiger charge is -2.34. The topological polar surface area (TPSA) is 70.6 Å². The molecule has 0 saturated heterocycles. The van der Waals surface area contributed by atoms with Gasteiger partial charge >= 0.3 is 5.97 Å². The molecule has 1 aliphatic carbocycles. The van der Waals surface area contributed by atoms with Crippen LogP contribution in [0.4, 0.5) is 14.5 Å². The molecule has 0 amide bonds. The van der Waals surface area contributed by atoms with Crippen molar-refractivity contribution in [1.29, 1.82) is 0 Å². The number of hydrogen-bond donors (Lipinski definition) is 3. The fourth-order valence-electron chi connectivity index (χ4n) is 4.37. The Morgan fingerprint density at radius 2 is 1.94 bits per heavy atom. The SMILES string of the molecule is COc1cc(C(=O)O)c(F)cc1NSC1=CSC(c2ccc(C3CCC(C)(C)CC3)c(F)c2)N1. The lowest BCUT2D eigenvalue weighted by Crippen LogP contribution is -2.21. The van der Waals surface area contributed by atoms with E-state index >= 15 is 0 Å². The Hall–Kier alpha value is -2.39. The number of rotatable bonds is 7. The zero-order chi connectivity index (χ0) is 24.5. The summed E-state index contributed by atoms with van der Waals surface area (Å²) in [5.41, 5.74) is 1.87. The minimum atomic E-state index is -1.36. The summed E-state index contributed by atoms with van der Waals surface area (Å²) in [6, 6.07) is 7.78. The van der Waals surface area contributed by atoms with Gasteiger partial charge in [-0.2, -0.15) is 0 Å². The predicted molar refractivity (Wildman–Crippen MR) is 134 cm³/mol. The monoisotopic (exact) mass is 506 g/mol. The first-order valence-corrected chi connectivity index (χ1v) is 12.9. The fourth-order valence-corrected chi connectivity index (χ4v) is 6.18. The second kappa shape index (κ2) is 10.1. The van der Waals surface area contributed by atoms with Gasteiger partial charge in [0.15, 0.2) is 0 Å². The number of methoxy groups -OCH3 is 1. The van der Waals surface area contributed by atoms with E-state index in [-0.39, 0.29) is 22.9 Å². The summed E-state index contributed by atoms with van der Waals surface area (Å²) >= 11 is 2.73.